The largest absolute Gasteiger partial charge is 0.271 e. The number of hydrogen-bond acceptors (Lipinski definition) is 2. The molecule has 0 heterocycles. The first-order valence-electron chi connectivity index (χ1n) is 5.81. The molecule has 4 heteroatoms. The van der Waals surface area contributed by atoms with E-state index in [0.29, 0.717) is 10.6 Å². The molecule has 2 aromatic carbocycles. The highest BCUT2D eigenvalue weighted by Crippen LogP contribution is 2.09. The van der Waals surface area contributed by atoms with Crippen molar-refractivity contribution in [3.8, 4) is 0 Å². The fourth-order valence-electron chi connectivity index (χ4n) is 1.64. The molecule has 0 aliphatic carbocycles. The van der Waals surface area contributed by atoms with Crippen LogP contribution < -0.4 is 5.43 Å². The molecule has 0 fully saturated rings. The zero-order valence-corrected chi connectivity index (χ0v) is 11.2. The minimum absolute atomic E-state index is 0.226. The van der Waals surface area contributed by atoms with Crippen LogP contribution in [0.3, 0.4) is 0 Å². The van der Waals surface area contributed by atoms with E-state index in [1.165, 1.54) is 0 Å². The molecule has 0 aliphatic heterocycles. The van der Waals surface area contributed by atoms with Crippen molar-refractivity contribution in [2.45, 2.75) is 6.92 Å². The smallest absolute Gasteiger partial charge is 0.267 e. The van der Waals surface area contributed by atoms with Gasteiger partial charge in [0.15, 0.2) is 0 Å². The van der Waals surface area contributed by atoms with Crippen LogP contribution in [0.2, 0.25) is 5.02 Å². The molecule has 0 unspecified atom stereocenters. The Bertz CT molecular complexity index is 623. The van der Waals surface area contributed by atoms with E-state index in [4.69, 9.17) is 11.6 Å². The van der Waals surface area contributed by atoms with Gasteiger partial charge in [0.25, 0.3) is 5.91 Å². The quantitative estimate of drug-likeness (QED) is 0.675. The Morgan fingerprint density at radius 3 is 2.74 bits per heavy atom. The average Bonchev–Trinajstić information content (AvgIpc) is 2.39. The van der Waals surface area contributed by atoms with E-state index in [2.05, 4.69) is 10.5 Å². The first-order chi connectivity index (χ1) is 9.16. The van der Waals surface area contributed by atoms with Crippen LogP contribution in [0.15, 0.2) is 53.6 Å². The molecular formula is C15H13ClN2O. The van der Waals surface area contributed by atoms with Crippen molar-refractivity contribution in [2.75, 3.05) is 0 Å². The van der Waals surface area contributed by atoms with Crippen LogP contribution in [0.1, 0.15) is 21.5 Å². The molecule has 96 valence electrons. The van der Waals surface area contributed by atoms with E-state index in [-0.39, 0.29) is 5.91 Å². The number of nitrogens with zero attached hydrogens (tertiary/aromatic N) is 1. The third-order valence-electron chi connectivity index (χ3n) is 2.62. The first kappa shape index (κ1) is 13.3. The number of hydrazone groups is 1. The second kappa shape index (κ2) is 6.16. The second-order valence-electron chi connectivity index (χ2n) is 4.07. The van der Waals surface area contributed by atoms with Crippen molar-refractivity contribution < 1.29 is 4.79 Å². The Kier molecular flexibility index (Phi) is 4.31. The predicted molar refractivity (Wildman–Crippen MR) is 77.7 cm³/mol. The zero-order valence-electron chi connectivity index (χ0n) is 10.4. The molecule has 2 aromatic rings. The fraction of sp³-hybridized carbons (Fsp3) is 0.0667. The SMILES string of the molecule is Cc1ccccc1C(=O)N/N=C\c1cccc(Cl)c1. The summed E-state index contributed by atoms with van der Waals surface area (Å²) in [6.45, 7) is 1.88. The maximum atomic E-state index is 11.9. The summed E-state index contributed by atoms with van der Waals surface area (Å²) in [6.07, 6.45) is 1.56. The van der Waals surface area contributed by atoms with Crippen LogP contribution in [-0.4, -0.2) is 12.1 Å². The minimum atomic E-state index is -0.226. The average molecular weight is 273 g/mol. The van der Waals surface area contributed by atoms with Gasteiger partial charge < -0.3 is 0 Å². The number of nitrogens with one attached hydrogen (secondary N) is 1. The molecule has 19 heavy (non-hydrogen) atoms. The Balaban J connectivity index is 2.03. The van der Waals surface area contributed by atoms with E-state index in [1.54, 1.807) is 24.4 Å². The maximum Gasteiger partial charge on any atom is 0.271 e. The summed E-state index contributed by atoms with van der Waals surface area (Å²) < 4.78 is 0. The van der Waals surface area contributed by atoms with Gasteiger partial charge in [-0.2, -0.15) is 5.10 Å². The molecule has 0 saturated carbocycles. The lowest BCUT2D eigenvalue weighted by Gasteiger charge is -2.02. The predicted octanol–water partition coefficient (Wildman–Crippen LogP) is 3.41. The summed E-state index contributed by atoms with van der Waals surface area (Å²) in [5, 5.41) is 4.55. The van der Waals surface area contributed by atoms with Gasteiger partial charge in [-0.05, 0) is 36.2 Å². The van der Waals surface area contributed by atoms with Crippen LogP contribution in [0.25, 0.3) is 0 Å². The van der Waals surface area contributed by atoms with Gasteiger partial charge in [-0.15, -0.1) is 0 Å². The number of benzene rings is 2. The van der Waals surface area contributed by atoms with Gasteiger partial charge in [-0.3, -0.25) is 4.79 Å². The molecule has 0 spiro atoms. The lowest BCUT2D eigenvalue weighted by Crippen LogP contribution is -2.18. The summed E-state index contributed by atoms with van der Waals surface area (Å²) in [6, 6.07) is 14.6. The number of amides is 1. The van der Waals surface area contributed by atoms with Gasteiger partial charge in [-0.1, -0.05) is 41.9 Å². The second-order valence-corrected chi connectivity index (χ2v) is 4.51. The molecule has 2 rings (SSSR count). The summed E-state index contributed by atoms with van der Waals surface area (Å²) in [4.78, 5) is 11.9. The topological polar surface area (TPSA) is 41.5 Å². The van der Waals surface area contributed by atoms with Crippen molar-refractivity contribution in [1.29, 1.82) is 0 Å². The molecule has 0 radical (unpaired) electrons. The molecule has 0 bridgehead atoms. The van der Waals surface area contributed by atoms with Gasteiger partial charge >= 0.3 is 0 Å². The normalized spacial score (nSPS) is 10.6. The van der Waals surface area contributed by atoms with Crippen LogP contribution >= 0.6 is 11.6 Å². The molecule has 0 saturated heterocycles. The van der Waals surface area contributed by atoms with E-state index in [9.17, 15) is 4.79 Å². The zero-order chi connectivity index (χ0) is 13.7. The van der Waals surface area contributed by atoms with Crippen molar-refractivity contribution in [3.05, 3.63) is 70.2 Å². The van der Waals surface area contributed by atoms with Crippen LogP contribution in [0.4, 0.5) is 0 Å². The third-order valence-corrected chi connectivity index (χ3v) is 2.85. The lowest BCUT2D eigenvalue weighted by atomic mass is 10.1. The van der Waals surface area contributed by atoms with E-state index in [1.807, 2.05) is 37.3 Å². The fourth-order valence-corrected chi connectivity index (χ4v) is 1.84. The van der Waals surface area contributed by atoms with Gasteiger partial charge in [0, 0.05) is 10.6 Å². The van der Waals surface area contributed by atoms with Crippen LogP contribution in [0.5, 0.6) is 0 Å². The number of halogens is 1. The van der Waals surface area contributed by atoms with E-state index >= 15 is 0 Å². The van der Waals surface area contributed by atoms with E-state index in [0.717, 1.165) is 11.1 Å². The monoisotopic (exact) mass is 272 g/mol. The van der Waals surface area contributed by atoms with Gasteiger partial charge in [0.1, 0.15) is 0 Å². The van der Waals surface area contributed by atoms with Gasteiger partial charge in [0.05, 0.1) is 6.21 Å². The molecule has 3 nitrogen and oxygen atoms in total. The van der Waals surface area contributed by atoms with E-state index < -0.39 is 0 Å². The molecule has 0 atom stereocenters. The molecule has 1 amide bonds. The highest BCUT2D eigenvalue weighted by Gasteiger charge is 2.05. The Morgan fingerprint density at radius 2 is 2.00 bits per heavy atom. The summed E-state index contributed by atoms with van der Waals surface area (Å²) in [5.41, 5.74) is 4.86. The molecule has 0 aliphatic rings. The third kappa shape index (κ3) is 3.66. The van der Waals surface area contributed by atoms with Crippen molar-refractivity contribution in [1.82, 2.24) is 5.43 Å². The molecule has 0 aromatic heterocycles. The lowest BCUT2D eigenvalue weighted by molar-refractivity contribution is 0.0954. The molecular weight excluding hydrogens is 260 g/mol. The van der Waals surface area contributed by atoms with Crippen LogP contribution in [-0.2, 0) is 0 Å². The summed E-state index contributed by atoms with van der Waals surface area (Å²) >= 11 is 5.85. The maximum absolute atomic E-state index is 11.9. The Labute approximate surface area is 116 Å². The summed E-state index contributed by atoms with van der Waals surface area (Å²) in [5.74, 6) is -0.226. The number of carbonyl (C=O) groups excluding carboxylic acids is 1. The standard InChI is InChI=1S/C15H13ClN2O/c1-11-5-2-3-8-14(11)15(19)18-17-10-12-6-4-7-13(16)9-12/h2-10H,1H3,(H,18,19)/b17-10-. The Morgan fingerprint density at radius 1 is 1.21 bits per heavy atom. The van der Waals surface area contributed by atoms with Crippen LogP contribution in [0, 0.1) is 6.92 Å². The van der Waals surface area contributed by atoms with Crippen molar-refractivity contribution in [3.63, 3.8) is 0 Å². The van der Waals surface area contributed by atoms with Crippen molar-refractivity contribution >= 4 is 23.7 Å². The van der Waals surface area contributed by atoms with Gasteiger partial charge in [0.2, 0.25) is 0 Å². The van der Waals surface area contributed by atoms with Gasteiger partial charge in [-0.25, -0.2) is 5.43 Å². The summed E-state index contributed by atoms with van der Waals surface area (Å²) in [7, 11) is 0. The number of rotatable bonds is 3. The number of aryl methyl sites for hydroxylation is 1. The van der Waals surface area contributed by atoms with Crippen molar-refractivity contribution in [2.24, 2.45) is 5.10 Å². The number of carbonyl (C=O) groups is 1. The molecule has 1 N–H and O–H groups in total. The Hall–Kier alpha value is -2.13. The minimum Gasteiger partial charge on any atom is -0.267 e. The first-order valence-corrected chi connectivity index (χ1v) is 6.19. The highest BCUT2D eigenvalue weighted by molar-refractivity contribution is 6.30. The number of hydrogen-bond donors (Lipinski definition) is 1. The highest BCUT2D eigenvalue weighted by atomic mass is 35.5.